The van der Waals surface area contributed by atoms with Gasteiger partial charge in [0.05, 0.1) is 31.1 Å². The lowest BCUT2D eigenvalue weighted by molar-refractivity contribution is -0.119. The Morgan fingerprint density at radius 2 is 1.91 bits per heavy atom. The van der Waals surface area contributed by atoms with Gasteiger partial charge in [0, 0.05) is 16.3 Å². The summed E-state index contributed by atoms with van der Waals surface area (Å²) < 4.78 is 7.36. The zero-order chi connectivity index (χ0) is 24.4. The highest BCUT2D eigenvalue weighted by Crippen LogP contribution is 2.33. The Labute approximate surface area is 208 Å². The predicted octanol–water partition coefficient (Wildman–Crippen LogP) is 4.47. The van der Waals surface area contributed by atoms with Gasteiger partial charge >= 0.3 is 0 Å². The molecule has 9 heteroatoms. The van der Waals surface area contributed by atoms with Gasteiger partial charge in [-0.15, -0.1) is 5.10 Å². The number of piperidine rings is 1. The number of rotatable bonds is 7. The Kier molecular flexibility index (Phi) is 6.57. The van der Waals surface area contributed by atoms with E-state index in [9.17, 15) is 4.79 Å². The van der Waals surface area contributed by atoms with Crippen LogP contribution >= 0.6 is 11.6 Å². The first-order chi connectivity index (χ1) is 17.0. The van der Waals surface area contributed by atoms with Crippen LogP contribution in [0.2, 0.25) is 5.02 Å². The number of halogens is 1. The monoisotopic (exact) mass is 490 g/mol. The molecule has 0 unspecified atom stereocenters. The van der Waals surface area contributed by atoms with Gasteiger partial charge in [-0.05, 0) is 79.9 Å². The number of nitrogens with zero attached hydrogens (tertiary/aromatic N) is 4. The number of methoxy groups -OCH3 is 1. The highest BCUT2D eigenvalue weighted by atomic mass is 35.5. The number of carbonyl (C=O) groups excluding carboxylic acids is 1. The molecule has 0 spiro atoms. The van der Waals surface area contributed by atoms with Gasteiger partial charge in [0.2, 0.25) is 11.9 Å². The first kappa shape index (κ1) is 23.1. The number of anilines is 2. The van der Waals surface area contributed by atoms with Gasteiger partial charge in [0.1, 0.15) is 5.75 Å². The molecule has 1 fully saturated rings. The van der Waals surface area contributed by atoms with E-state index < -0.39 is 0 Å². The zero-order valence-electron chi connectivity index (χ0n) is 19.4. The lowest BCUT2D eigenvalue weighted by Crippen LogP contribution is -2.39. The number of primary amides is 1. The minimum atomic E-state index is -0.266. The van der Waals surface area contributed by atoms with E-state index in [2.05, 4.69) is 39.5 Å². The van der Waals surface area contributed by atoms with Crippen molar-refractivity contribution in [2.45, 2.75) is 18.8 Å². The molecule has 0 aliphatic carbocycles. The molecule has 2 aromatic heterocycles. The lowest BCUT2D eigenvalue weighted by atomic mass is 9.89. The molecule has 8 nitrogen and oxygen atoms in total. The third kappa shape index (κ3) is 5.08. The maximum atomic E-state index is 11.1. The Balaban J connectivity index is 1.32. The smallest absolute Gasteiger partial charge is 0.245 e. The average Bonchev–Trinajstić information content (AvgIpc) is 3.28. The molecule has 1 aliphatic heterocycles. The number of ether oxygens (including phenoxy) is 1. The van der Waals surface area contributed by atoms with Crippen molar-refractivity contribution >= 4 is 34.7 Å². The van der Waals surface area contributed by atoms with Crippen LogP contribution < -0.4 is 15.8 Å². The Bertz CT molecular complexity index is 1350. The summed E-state index contributed by atoms with van der Waals surface area (Å²) in [6.07, 6.45) is 3.82. The molecule has 2 aromatic carbocycles. The summed E-state index contributed by atoms with van der Waals surface area (Å²) in [7, 11) is 1.64. The number of hydrogen-bond donors (Lipinski definition) is 2. The average molecular weight is 491 g/mol. The second-order valence-corrected chi connectivity index (χ2v) is 9.18. The lowest BCUT2D eigenvalue weighted by Gasteiger charge is -2.31. The van der Waals surface area contributed by atoms with Crippen molar-refractivity contribution in [1.82, 2.24) is 19.5 Å². The van der Waals surface area contributed by atoms with Crippen LogP contribution in [0.5, 0.6) is 5.75 Å². The minimum Gasteiger partial charge on any atom is -0.496 e. The van der Waals surface area contributed by atoms with Crippen molar-refractivity contribution in [3.8, 4) is 17.0 Å². The van der Waals surface area contributed by atoms with Crippen LogP contribution in [0.4, 0.5) is 11.6 Å². The van der Waals surface area contributed by atoms with Crippen LogP contribution in [0.15, 0.2) is 60.8 Å². The van der Waals surface area contributed by atoms with Gasteiger partial charge in [0.15, 0.2) is 0 Å². The van der Waals surface area contributed by atoms with Crippen molar-refractivity contribution in [2.75, 3.05) is 32.1 Å². The van der Waals surface area contributed by atoms with Crippen LogP contribution in [0.25, 0.3) is 16.8 Å². The summed E-state index contributed by atoms with van der Waals surface area (Å²) in [5.41, 5.74) is 10.1. The molecule has 0 saturated carbocycles. The molecule has 0 radical (unpaired) electrons. The van der Waals surface area contributed by atoms with E-state index in [0.29, 0.717) is 23.4 Å². The Morgan fingerprint density at radius 3 is 2.63 bits per heavy atom. The molecule has 1 amide bonds. The van der Waals surface area contributed by atoms with Crippen LogP contribution in [-0.4, -0.2) is 52.1 Å². The number of fused-ring (bicyclic) bond motifs is 1. The maximum Gasteiger partial charge on any atom is 0.245 e. The highest BCUT2D eigenvalue weighted by molar-refractivity contribution is 6.31. The zero-order valence-corrected chi connectivity index (χ0v) is 20.2. The van der Waals surface area contributed by atoms with Crippen molar-refractivity contribution < 1.29 is 9.53 Å². The molecule has 4 aromatic rings. The van der Waals surface area contributed by atoms with Crippen LogP contribution in [0.3, 0.4) is 0 Å². The van der Waals surface area contributed by atoms with E-state index in [4.69, 9.17) is 27.2 Å². The number of aromatic nitrogens is 3. The number of nitrogens with two attached hydrogens (primary N) is 1. The summed E-state index contributed by atoms with van der Waals surface area (Å²) in [5.74, 6) is 1.43. The molecular formula is C26H27ClN6O2. The van der Waals surface area contributed by atoms with E-state index in [1.54, 1.807) is 19.4 Å². The molecule has 35 heavy (non-hydrogen) atoms. The standard InChI is InChI=1S/C26H27ClN6O2/c1-35-24-9-4-19(27)14-22(24)23-8-7-21-15-29-26(31-33(21)23)30-20-5-2-17(3-6-20)18-10-12-32(13-11-18)16-25(28)34/h2-9,14-15,18H,10-13,16H2,1H3,(H2,28,34)(H,30,31). The number of likely N-dealkylation sites (tertiary alicyclic amines) is 1. The largest absolute Gasteiger partial charge is 0.496 e. The summed E-state index contributed by atoms with van der Waals surface area (Å²) in [5, 5.41) is 8.64. The minimum absolute atomic E-state index is 0.266. The van der Waals surface area contributed by atoms with Gasteiger partial charge in [-0.2, -0.15) is 0 Å². The van der Waals surface area contributed by atoms with Crippen LogP contribution in [-0.2, 0) is 4.79 Å². The third-order valence-corrected chi connectivity index (χ3v) is 6.68. The fourth-order valence-corrected chi connectivity index (χ4v) is 4.83. The predicted molar refractivity (Wildman–Crippen MR) is 137 cm³/mol. The van der Waals surface area contributed by atoms with Crippen molar-refractivity contribution in [1.29, 1.82) is 0 Å². The van der Waals surface area contributed by atoms with E-state index in [1.807, 2.05) is 28.8 Å². The van der Waals surface area contributed by atoms with Crippen molar-refractivity contribution in [3.63, 3.8) is 0 Å². The topological polar surface area (TPSA) is 97.8 Å². The maximum absolute atomic E-state index is 11.1. The van der Waals surface area contributed by atoms with Gasteiger partial charge < -0.3 is 15.8 Å². The van der Waals surface area contributed by atoms with Crippen molar-refractivity contribution in [2.24, 2.45) is 5.73 Å². The second-order valence-electron chi connectivity index (χ2n) is 8.75. The highest BCUT2D eigenvalue weighted by Gasteiger charge is 2.21. The van der Waals surface area contributed by atoms with Crippen LogP contribution in [0, 0.1) is 0 Å². The number of carbonyl (C=O) groups is 1. The number of benzene rings is 2. The van der Waals surface area contributed by atoms with E-state index in [-0.39, 0.29) is 5.91 Å². The fourth-order valence-electron chi connectivity index (χ4n) is 4.66. The summed E-state index contributed by atoms with van der Waals surface area (Å²) in [6.45, 7) is 2.11. The molecule has 1 aliphatic rings. The second kappa shape index (κ2) is 9.93. The normalized spacial score (nSPS) is 14.8. The van der Waals surface area contributed by atoms with Gasteiger partial charge in [-0.25, -0.2) is 9.50 Å². The first-order valence-electron chi connectivity index (χ1n) is 11.6. The third-order valence-electron chi connectivity index (χ3n) is 6.44. The summed E-state index contributed by atoms with van der Waals surface area (Å²) >= 11 is 6.25. The van der Waals surface area contributed by atoms with E-state index >= 15 is 0 Å². The quantitative estimate of drug-likeness (QED) is 0.396. The molecule has 0 atom stereocenters. The molecule has 5 rings (SSSR count). The SMILES string of the molecule is COc1ccc(Cl)cc1-c1ccc2cnc(Nc3ccc(C4CCN(CC(N)=O)CC4)cc3)nn12. The van der Waals surface area contributed by atoms with Gasteiger partial charge in [-0.1, -0.05) is 23.7 Å². The van der Waals surface area contributed by atoms with Crippen LogP contribution in [0.1, 0.15) is 24.3 Å². The molecule has 3 N–H and O–H groups in total. The Hall–Kier alpha value is -3.62. The molecule has 0 bridgehead atoms. The van der Waals surface area contributed by atoms with E-state index in [0.717, 1.165) is 54.1 Å². The number of amides is 1. The summed E-state index contributed by atoms with van der Waals surface area (Å²) in [4.78, 5) is 17.7. The van der Waals surface area contributed by atoms with Gasteiger partial charge in [0.25, 0.3) is 0 Å². The Morgan fingerprint density at radius 1 is 1.14 bits per heavy atom. The first-order valence-corrected chi connectivity index (χ1v) is 11.9. The van der Waals surface area contributed by atoms with Crippen molar-refractivity contribution in [3.05, 3.63) is 71.4 Å². The molecular weight excluding hydrogens is 464 g/mol. The number of nitrogens with one attached hydrogen (secondary N) is 1. The van der Waals surface area contributed by atoms with E-state index in [1.165, 1.54) is 5.56 Å². The molecule has 1 saturated heterocycles. The molecule has 3 heterocycles. The fraction of sp³-hybridized carbons (Fsp3) is 0.269. The van der Waals surface area contributed by atoms with Gasteiger partial charge in [-0.3, -0.25) is 9.69 Å². The summed E-state index contributed by atoms with van der Waals surface area (Å²) in [6, 6.07) is 17.9. The molecule has 180 valence electrons. The number of hydrogen-bond acceptors (Lipinski definition) is 6.